The Bertz CT molecular complexity index is 1010. The first-order chi connectivity index (χ1) is 13.0. The van der Waals surface area contributed by atoms with Gasteiger partial charge in [0, 0.05) is 18.2 Å². The van der Waals surface area contributed by atoms with Gasteiger partial charge in [0.25, 0.3) is 5.91 Å². The average Bonchev–Trinajstić information content (AvgIpc) is 3.27. The Morgan fingerprint density at radius 3 is 2.85 bits per heavy atom. The molecular weight excluding hydrogens is 344 g/mol. The highest BCUT2D eigenvalue weighted by atomic mass is 16.5. The van der Waals surface area contributed by atoms with Crippen LogP contribution in [0.4, 0.5) is 0 Å². The minimum atomic E-state index is -0.287. The lowest BCUT2D eigenvalue weighted by atomic mass is 10.0. The molecule has 3 aromatic rings. The number of fused-ring (bicyclic) bond motifs is 1. The van der Waals surface area contributed by atoms with E-state index in [4.69, 9.17) is 9.15 Å². The molecule has 1 aliphatic rings. The first kappa shape index (κ1) is 17.2. The summed E-state index contributed by atoms with van der Waals surface area (Å²) in [4.78, 5) is 25.2. The molecule has 27 heavy (non-hydrogen) atoms. The van der Waals surface area contributed by atoms with E-state index in [1.54, 1.807) is 13.1 Å². The Labute approximate surface area is 156 Å². The minimum Gasteiger partial charge on any atom is -0.487 e. The zero-order valence-electron chi connectivity index (χ0n) is 15.4. The van der Waals surface area contributed by atoms with Gasteiger partial charge in [-0.2, -0.15) is 0 Å². The number of benzene rings is 1. The number of nitrogens with one attached hydrogen (secondary N) is 1. The maximum Gasteiger partial charge on any atom is 0.289 e. The van der Waals surface area contributed by atoms with Gasteiger partial charge in [-0.1, -0.05) is 12.1 Å². The van der Waals surface area contributed by atoms with Gasteiger partial charge in [-0.05, 0) is 32.4 Å². The maximum atomic E-state index is 12.2. The quantitative estimate of drug-likeness (QED) is 0.766. The number of oxazole rings is 1. The normalized spacial score (nSPS) is 15.3. The number of para-hydroxylation sites is 1. The van der Waals surface area contributed by atoms with Crippen molar-refractivity contribution in [2.24, 2.45) is 0 Å². The van der Waals surface area contributed by atoms with Gasteiger partial charge in [0.1, 0.15) is 11.9 Å². The second-order valence-corrected chi connectivity index (χ2v) is 6.66. The average molecular weight is 364 g/mol. The highest BCUT2D eigenvalue weighted by Crippen LogP contribution is 2.38. The van der Waals surface area contributed by atoms with E-state index in [0.29, 0.717) is 12.2 Å². The van der Waals surface area contributed by atoms with Crippen LogP contribution in [0.3, 0.4) is 0 Å². The number of nitrogens with zero attached hydrogens (tertiary/aromatic N) is 3. The van der Waals surface area contributed by atoms with Crippen LogP contribution in [0.1, 0.15) is 33.2 Å². The first-order valence-corrected chi connectivity index (χ1v) is 8.80. The van der Waals surface area contributed by atoms with Crippen molar-refractivity contribution in [1.82, 2.24) is 20.3 Å². The molecule has 2 aromatic heterocycles. The van der Waals surface area contributed by atoms with Gasteiger partial charge in [0.15, 0.2) is 6.39 Å². The smallest absolute Gasteiger partial charge is 0.289 e. The zero-order valence-corrected chi connectivity index (χ0v) is 15.4. The Balaban J connectivity index is 1.52. The zero-order chi connectivity index (χ0) is 19.0. The van der Waals surface area contributed by atoms with Gasteiger partial charge in [0.2, 0.25) is 5.76 Å². The molecule has 0 radical (unpaired) electrons. The largest absolute Gasteiger partial charge is 0.487 e. The molecule has 0 saturated carbocycles. The monoisotopic (exact) mass is 364 g/mol. The summed E-state index contributed by atoms with van der Waals surface area (Å²) in [7, 11) is 0. The molecule has 4 rings (SSSR count). The van der Waals surface area contributed by atoms with E-state index < -0.39 is 0 Å². The van der Waals surface area contributed by atoms with Gasteiger partial charge in [0.05, 0.1) is 29.3 Å². The second-order valence-electron chi connectivity index (χ2n) is 6.66. The van der Waals surface area contributed by atoms with Crippen LogP contribution >= 0.6 is 0 Å². The molecule has 1 aromatic carbocycles. The number of aryl methyl sites for hydroxylation is 3. The van der Waals surface area contributed by atoms with Crippen molar-refractivity contribution in [3.63, 3.8) is 0 Å². The molecule has 7 heteroatoms. The van der Waals surface area contributed by atoms with Gasteiger partial charge in [-0.25, -0.2) is 9.97 Å². The summed E-state index contributed by atoms with van der Waals surface area (Å²) in [5.74, 6) is 0.762. The SMILES string of the molecule is Cc1cnc(C)c(-c2cccc3c2OC(CNC(=O)c2ocnc2C)C3)n1. The number of amides is 1. The van der Waals surface area contributed by atoms with E-state index in [9.17, 15) is 4.79 Å². The molecule has 138 valence electrons. The number of hydrogen-bond acceptors (Lipinski definition) is 6. The van der Waals surface area contributed by atoms with E-state index in [0.717, 1.165) is 40.4 Å². The van der Waals surface area contributed by atoms with Crippen LogP contribution in [0.15, 0.2) is 35.2 Å². The molecule has 0 spiro atoms. The standard InChI is InChI=1S/C20H20N4O3/c1-11-8-21-12(2)17(24-11)16-6-4-5-14-7-15(27-19(14)16)9-22-20(25)18-13(3)23-10-26-18/h4-6,8,10,15H,7,9H2,1-3H3,(H,22,25). The van der Waals surface area contributed by atoms with Gasteiger partial charge in [-0.15, -0.1) is 0 Å². The van der Waals surface area contributed by atoms with Crippen LogP contribution in [0.25, 0.3) is 11.3 Å². The Hall–Kier alpha value is -3.22. The molecule has 1 atom stereocenters. The van der Waals surface area contributed by atoms with E-state index in [1.165, 1.54) is 6.39 Å². The third-order valence-electron chi connectivity index (χ3n) is 4.60. The van der Waals surface area contributed by atoms with Crippen LogP contribution in [-0.2, 0) is 6.42 Å². The van der Waals surface area contributed by atoms with Crippen molar-refractivity contribution in [2.45, 2.75) is 33.3 Å². The van der Waals surface area contributed by atoms with Crippen LogP contribution in [-0.4, -0.2) is 33.5 Å². The van der Waals surface area contributed by atoms with E-state index in [1.807, 2.05) is 32.0 Å². The summed E-state index contributed by atoms with van der Waals surface area (Å²) in [6.45, 7) is 5.97. The third-order valence-corrected chi connectivity index (χ3v) is 4.60. The van der Waals surface area contributed by atoms with Gasteiger partial charge in [-0.3, -0.25) is 9.78 Å². The highest BCUT2D eigenvalue weighted by molar-refractivity contribution is 5.92. The fourth-order valence-electron chi connectivity index (χ4n) is 3.24. The molecular formula is C20H20N4O3. The predicted octanol–water partition coefficient (Wildman–Crippen LogP) is 2.79. The van der Waals surface area contributed by atoms with Crippen molar-refractivity contribution in [3.8, 4) is 17.0 Å². The molecule has 7 nitrogen and oxygen atoms in total. The fourth-order valence-corrected chi connectivity index (χ4v) is 3.24. The summed E-state index contributed by atoms with van der Waals surface area (Å²) in [6.07, 6.45) is 3.60. The second kappa shape index (κ2) is 6.83. The number of aromatic nitrogens is 3. The molecule has 1 aliphatic heterocycles. The van der Waals surface area contributed by atoms with Gasteiger partial charge < -0.3 is 14.5 Å². The first-order valence-electron chi connectivity index (χ1n) is 8.80. The molecule has 0 fully saturated rings. The van der Waals surface area contributed by atoms with E-state index in [2.05, 4.69) is 20.3 Å². The van der Waals surface area contributed by atoms with Crippen LogP contribution in [0.5, 0.6) is 5.75 Å². The van der Waals surface area contributed by atoms with Crippen LogP contribution < -0.4 is 10.1 Å². The van der Waals surface area contributed by atoms with E-state index in [-0.39, 0.29) is 17.8 Å². The number of rotatable bonds is 4. The number of carbonyl (C=O) groups excluding carboxylic acids is 1. The topological polar surface area (TPSA) is 90.1 Å². The summed E-state index contributed by atoms with van der Waals surface area (Å²) in [5, 5.41) is 2.86. The van der Waals surface area contributed by atoms with Crippen molar-refractivity contribution < 1.29 is 13.9 Å². The van der Waals surface area contributed by atoms with Gasteiger partial charge >= 0.3 is 0 Å². The third kappa shape index (κ3) is 3.28. The minimum absolute atomic E-state index is 0.147. The van der Waals surface area contributed by atoms with Crippen LogP contribution in [0, 0.1) is 20.8 Å². The number of ether oxygens (including phenoxy) is 1. The van der Waals surface area contributed by atoms with Crippen molar-refractivity contribution in [2.75, 3.05) is 6.54 Å². The van der Waals surface area contributed by atoms with Crippen molar-refractivity contribution in [1.29, 1.82) is 0 Å². The predicted molar refractivity (Wildman–Crippen MR) is 98.6 cm³/mol. The maximum absolute atomic E-state index is 12.2. The molecule has 1 unspecified atom stereocenters. The van der Waals surface area contributed by atoms with Crippen LogP contribution in [0.2, 0.25) is 0 Å². The number of hydrogen-bond donors (Lipinski definition) is 1. The summed E-state index contributed by atoms with van der Waals surface area (Å²) in [6, 6.07) is 6.04. The molecule has 0 aliphatic carbocycles. The Morgan fingerprint density at radius 2 is 2.07 bits per heavy atom. The lowest BCUT2D eigenvalue weighted by molar-refractivity contribution is 0.0905. The Morgan fingerprint density at radius 1 is 1.22 bits per heavy atom. The summed E-state index contributed by atoms with van der Waals surface area (Å²) < 4.78 is 11.3. The lowest BCUT2D eigenvalue weighted by Crippen LogP contribution is -2.34. The summed E-state index contributed by atoms with van der Waals surface area (Å²) >= 11 is 0. The highest BCUT2D eigenvalue weighted by Gasteiger charge is 2.27. The molecule has 3 heterocycles. The Kier molecular flexibility index (Phi) is 4.35. The lowest BCUT2D eigenvalue weighted by Gasteiger charge is -2.14. The van der Waals surface area contributed by atoms with Crippen molar-refractivity contribution in [3.05, 3.63) is 59.2 Å². The van der Waals surface area contributed by atoms with E-state index >= 15 is 0 Å². The number of carbonyl (C=O) groups is 1. The molecule has 1 amide bonds. The molecule has 0 saturated heterocycles. The molecule has 1 N–H and O–H groups in total. The van der Waals surface area contributed by atoms with Crippen molar-refractivity contribution >= 4 is 5.91 Å². The summed E-state index contributed by atoms with van der Waals surface area (Å²) in [5.41, 5.74) is 5.15. The fraction of sp³-hybridized carbons (Fsp3) is 0.300. The molecule has 0 bridgehead atoms.